The van der Waals surface area contributed by atoms with Crippen LogP contribution in [0, 0.1) is 6.92 Å². The molecule has 0 aliphatic rings. The number of halogens is 1. The van der Waals surface area contributed by atoms with Gasteiger partial charge in [-0.2, -0.15) is 0 Å². The van der Waals surface area contributed by atoms with Crippen LogP contribution in [0.25, 0.3) is 0 Å². The van der Waals surface area contributed by atoms with Gasteiger partial charge in [0, 0.05) is 4.47 Å². The van der Waals surface area contributed by atoms with Crippen LogP contribution < -0.4 is 10.1 Å². The molecule has 0 aromatic heterocycles. The number of ether oxygens (including phenoxy) is 1. The highest BCUT2D eigenvalue weighted by atomic mass is 79.9. The minimum absolute atomic E-state index is 0.0175. The molecule has 0 saturated heterocycles. The number of carbonyl (C=O) groups excluding carboxylic acids is 1. The van der Waals surface area contributed by atoms with Crippen molar-refractivity contribution < 1.29 is 9.53 Å². The highest BCUT2D eigenvalue weighted by Crippen LogP contribution is 2.21. The smallest absolute Gasteiger partial charge is 0.258 e. The van der Waals surface area contributed by atoms with Gasteiger partial charge >= 0.3 is 0 Å². The average molecular weight is 362 g/mol. The van der Waals surface area contributed by atoms with E-state index in [4.69, 9.17) is 4.74 Å². The van der Waals surface area contributed by atoms with E-state index in [1.165, 1.54) is 0 Å². The number of hydrogen-bond donors (Lipinski definition) is 1. The molecule has 1 atom stereocenters. The molecule has 0 radical (unpaired) electrons. The zero-order valence-corrected chi connectivity index (χ0v) is 14.4. The lowest BCUT2D eigenvalue weighted by Crippen LogP contribution is -2.32. The van der Waals surface area contributed by atoms with Crippen molar-refractivity contribution in [3.05, 3.63) is 64.1 Å². The zero-order chi connectivity index (χ0) is 15.9. The third-order valence-electron chi connectivity index (χ3n) is 3.44. The van der Waals surface area contributed by atoms with Crippen molar-refractivity contribution in [1.82, 2.24) is 5.32 Å². The number of rotatable bonds is 6. The largest absolute Gasteiger partial charge is 0.484 e. The molecule has 1 N–H and O–H groups in total. The van der Waals surface area contributed by atoms with Crippen LogP contribution in [-0.2, 0) is 4.79 Å². The summed E-state index contributed by atoms with van der Waals surface area (Å²) in [6.45, 7) is 4.06. The molecule has 1 amide bonds. The molecule has 4 heteroatoms. The fourth-order valence-electron chi connectivity index (χ4n) is 2.20. The molecule has 0 unspecified atom stereocenters. The van der Waals surface area contributed by atoms with Crippen molar-refractivity contribution >= 4 is 21.8 Å². The second-order valence-electron chi connectivity index (χ2n) is 5.14. The number of nitrogens with one attached hydrogen (secondary N) is 1. The van der Waals surface area contributed by atoms with Gasteiger partial charge < -0.3 is 10.1 Å². The Balaban J connectivity index is 1.90. The van der Waals surface area contributed by atoms with E-state index < -0.39 is 0 Å². The lowest BCUT2D eigenvalue weighted by molar-refractivity contribution is -0.123. The molecule has 0 bridgehead atoms. The van der Waals surface area contributed by atoms with Crippen LogP contribution in [0.1, 0.15) is 30.5 Å². The molecule has 22 heavy (non-hydrogen) atoms. The Morgan fingerprint density at radius 2 is 1.95 bits per heavy atom. The Kier molecular flexibility index (Phi) is 6.01. The SMILES string of the molecule is CC[C@@H](NC(=O)COc1ccc(Br)c(C)c1)c1ccccc1. The standard InChI is InChI=1S/C18H20BrNO2/c1-3-17(14-7-5-4-6-8-14)20-18(21)12-22-15-9-10-16(19)13(2)11-15/h4-11,17H,3,12H2,1-2H3,(H,20,21)/t17-/m1/s1. The van der Waals surface area contributed by atoms with Gasteiger partial charge in [-0.15, -0.1) is 0 Å². The molecule has 2 aromatic carbocycles. The average Bonchev–Trinajstić information content (AvgIpc) is 2.54. The molecule has 0 aliphatic heterocycles. The number of amides is 1. The van der Waals surface area contributed by atoms with E-state index in [2.05, 4.69) is 28.2 Å². The van der Waals surface area contributed by atoms with Crippen LogP contribution in [0.15, 0.2) is 53.0 Å². The van der Waals surface area contributed by atoms with Gasteiger partial charge in [0.15, 0.2) is 6.61 Å². The lowest BCUT2D eigenvalue weighted by Gasteiger charge is -2.17. The zero-order valence-electron chi connectivity index (χ0n) is 12.8. The Labute approximate surface area is 139 Å². The molecule has 116 valence electrons. The number of carbonyl (C=O) groups is 1. The first-order valence-corrected chi connectivity index (χ1v) is 8.12. The second-order valence-corrected chi connectivity index (χ2v) is 5.99. The van der Waals surface area contributed by atoms with Gasteiger partial charge in [-0.05, 0) is 42.7 Å². The molecular formula is C18H20BrNO2. The summed E-state index contributed by atoms with van der Waals surface area (Å²) in [6, 6.07) is 15.7. The predicted molar refractivity (Wildman–Crippen MR) is 92.0 cm³/mol. The first-order valence-electron chi connectivity index (χ1n) is 7.33. The summed E-state index contributed by atoms with van der Waals surface area (Å²) in [5.74, 6) is 0.583. The van der Waals surface area contributed by atoms with Gasteiger partial charge in [0.05, 0.1) is 6.04 Å². The third kappa shape index (κ3) is 4.60. The highest BCUT2D eigenvalue weighted by molar-refractivity contribution is 9.10. The summed E-state index contributed by atoms with van der Waals surface area (Å²) < 4.78 is 6.58. The topological polar surface area (TPSA) is 38.3 Å². The molecule has 0 fully saturated rings. The third-order valence-corrected chi connectivity index (χ3v) is 4.33. The van der Waals surface area contributed by atoms with Crippen molar-refractivity contribution in [3.63, 3.8) is 0 Å². The van der Waals surface area contributed by atoms with Crippen molar-refractivity contribution in [2.45, 2.75) is 26.3 Å². The van der Waals surface area contributed by atoms with Crippen molar-refractivity contribution in [2.24, 2.45) is 0 Å². The Bertz CT molecular complexity index is 628. The molecule has 3 nitrogen and oxygen atoms in total. The van der Waals surface area contributed by atoms with Gasteiger partial charge in [-0.3, -0.25) is 4.79 Å². The molecule has 2 rings (SSSR count). The van der Waals surface area contributed by atoms with E-state index in [-0.39, 0.29) is 18.6 Å². The van der Waals surface area contributed by atoms with Crippen LogP contribution >= 0.6 is 15.9 Å². The van der Waals surface area contributed by atoms with Gasteiger partial charge in [0.1, 0.15) is 5.75 Å². The van der Waals surface area contributed by atoms with Crippen molar-refractivity contribution in [1.29, 1.82) is 0 Å². The summed E-state index contributed by atoms with van der Waals surface area (Å²) in [5.41, 5.74) is 2.19. The Hall–Kier alpha value is -1.81. The van der Waals surface area contributed by atoms with Crippen LogP contribution in [0.2, 0.25) is 0 Å². The molecule has 0 saturated carbocycles. The van der Waals surface area contributed by atoms with E-state index in [1.54, 1.807) is 0 Å². The number of hydrogen-bond acceptors (Lipinski definition) is 2. The number of aryl methyl sites for hydroxylation is 1. The number of benzene rings is 2. The van der Waals surface area contributed by atoms with Gasteiger partial charge in [-0.1, -0.05) is 53.2 Å². The van der Waals surface area contributed by atoms with E-state index in [0.29, 0.717) is 5.75 Å². The molecule has 0 spiro atoms. The predicted octanol–water partition coefficient (Wildman–Crippen LogP) is 4.40. The van der Waals surface area contributed by atoms with Crippen molar-refractivity contribution in [2.75, 3.05) is 6.61 Å². The van der Waals surface area contributed by atoms with Crippen LogP contribution in [0.4, 0.5) is 0 Å². The monoisotopic (exact) mass is 361 g/mol. The van der Waals surface area contributed by atoms with Gasteiger partial charge in [0.25, 0.3) is 5.91 Å². The van der Waals surface area contributed by atoms with Crippen LogP contribution in [0.3, 0.4) is 0 Å². The summed E-state index contributed by atoms with van der Waals surface area (Å²) in [7, 11) is 0. The lowest BCUT2D eigenvalue weighted by atomic mass is 10.0. The summed E-state index contributed by atoms with van der Waals surface area (Å²) >= 11 is 3.44. The van der Waals surface area contributed by atoms with E-state index in [0.717, 1.165) is 22.0 Å². The van der Waals surface area contributed by atoms with Crippen molar-refractivity contribution in [3.8, 4) is 5.75 Å². The maximum atomic E-state index is 12.1. The quantitative estimate of drug-likeness (QED) is 0.827. The maximum absolute atomic E-state index is 12.1. The summed E-state index contributed by atoms with van der Waals surface area (Å²) in [5, 5.41) is 3.01. The first kappa shape index (κ1) is 16.6. The van der Waals surface area contributed by atoms with Gasteiger partial charge in [0.2, 0.25) is 0 Å². The fraction of sp³-hybridized carbons (Fsp3) is 0.278. The highest BCUT2D eigenvalue weighted by Gasteiger charge is 2.12. The van der Waals surface area contributed by atoms with E-state index in [1.807, 2.05) is 55.5 Å². The van der Waals surface area contributed by atoms with Crippen LogP contribution in [-0.4, -0.2) is 12.5 Å². The molecule has 0 aliphatic carbocycles. The molecule has 2 aromatic rings. The maximum Gasteiger partial charge on any atom is 0.258 e. The minimum atomic E-state index is -0.115. The Morgan fingerprint density at radius 1 is 1.23 bits per heavy atom. The molecular weight excluding hydrogens is 342 g/mol. The fourth-order valence-corrected chi connectivity index (χ4v) is 2.44. The normalized spacial score (nSPS) is 11.8. The second kappa shape index (κ2) is 7.99. The van der Waals surface area contributed by atoms with Crippen LogP contribution in [0.5, 0.6) is 5.75 Å². The van der Waals surface area contributed by atoms with E-state index in [9.17, 15) is 4.79 Å². The summed E-state index contributed by atoms with van der Waals surface area (Å²) in [6.07, 6.45) is 0.840. The van der Waals surface area contributed by atoms with Gasteiger partial charge in [-0.25, -0.2) is 0 Å². The Morgan fingerprint density at radius 3 is 2.59 bits per heavy atom. The summed E-state index contributed by atoms with van der Waals surface area (Å²) in [4.78, 5) is 12.1. The molecule has 0 heterocycles. The minimum Gasteiger partial charge on any atom is -0.484 e. The first-order chi connectivity index (χ1) is 10.6. The van der Waals surface area contributed by atoms with E-state index >= 15 is 0 Å².